The first-order valence-electron chi connectivity index (χ1n) is 7.30. The van der Waals surface area contributed by atoms with E-state index in [0.717, 1.165) is 4.90 Å². The van der Waals surface area contributed by atoms with E-state index in [4.69, 9.17) is 51.1 Å². The number of nitrogens with one attached hydrogen (secondary N) is 2. The third kappa shape index (κ3) is 5.38. The summed E-state index contributed by atoms with van der Waals surface area (Å²) in [6.45, 7) is 5.20. The van der Waals surface area contributed by atoms with Crippen LogP contribution in [0.25, 0.3) is 0 Å². The van der Waals surface area contributed by atoms with Crippen LogP contribution in [0.4, 0.5) is 0 Å². The lowest BCUT2D eigenvalue weighted by Crippen LogP contribution is -3.22. The Balaban J connectivity index is 2.17. The van der Waals surface area contributed by atoms with Crippen LogP contribution in [0.15, 0.2) is 24.3 Å². The lowest BCUT2D eigenvalue weighted by atomic mass is 10.2. The minimum absolute atomic E-state index is 0.0201. The van der Waals surface area contributed by atoms with Gasteiger partial charge in [0.2, 0.25) is 6.17 Å². The standard InChI is InChI=1S/C15H18Cl4N2O2/c1-9-7-21(8-10(2)23-9)14(15(17,18)19)20-13(22)11-4-3-5-12(16)6-11/h3-6,9-10,14H,7-8H2,1-2H3,(H,20,22)/p+1/t9-,10+,14-/m0/s1. The molecule has 1 unspecified atom stereocenters. The van der Waals surface area contributed by atoms with Crippen LogP contribution in [0.3, 0.4) is 0 Å². The molecule has 2 N–H and O–H groups in total. The van der Waals surface area contributed by atoms with Crippen molar-refractivity contribution in [1.29, 1.82) is 0 Å². The Labute approximate surface area is 156 Å². The number of rotatable bonds is 3. The van der Waals surface area contributed by atoms with Crippen LogP contribution >= 0.6 is 46.4 Å². The van der Waals surface area contributed by atoms with Crippen LogP contribution in [0.2, 0.25) is 5.02 Å². The fraction of sp³-hybridized carbons (Fsp3) is 0.533. The average molecular weight is 401 g/mol. The third-order valence-electron chi connectivity index (χ3n) is 3.66. The van der Waals surface area contributed by atoms with Crippen molar-refractivity contribution in [3.8, 4) is 0 Å². The van der Waals surface area contributed by atoms with Crippen LogP contribution < -0.4 is 10.2 Å². The average Bonchev–Trinajstić information content (AvgIpc) is 2.42. The van der Waals surface area contributed by atoms with Crippen molar-refractivity contribution in [3.63, 3.8) is 0 Å². The molecule has 0 saturated carbocycles. The Morgan fingerprint density at radius 3 is 2.43 bits per heavy atom. The van der Waals surface area contributed by atoms with Crippen molar-refractivity contribution in [2.75, 3.05) is 13.1 Å². The molecule has 0 radical (unpaired) electrons. The highest BCUT2D eigenvalue weighted by Crippen LogP contribution is 2.28. The quantitative estimate of drug-likeness (QED) is 0.765. The van der Waals surface area contributed by atoms with E-state index in [0.29, 0.717) is 23.7 Å². The second kappa shape index (κ2) is 7.77. The van der Waals surface area contributed by atoms with Gasteiger partial charge in [0.05, 0.1) is 0 Å². The van der Waals surface area contributed by atoms with Gasteiger partial charge in [0.15, 0.2) is 0 Å². The minimum atomic E-state index is -1.64. The predicted molar refractivity (Wildman–Crippen MR) is 93.7 cm³/mol. The summed E-state index contributed by atoms with van der Waals surface area (Å²) < 4.78 is 4.07. The molecule has 1 heterocycles. The van der Waals surface area contributed by atoms with Gasteiger partial charge >= 0.3 is 0 Å². The second-order valence-electron chi connectivity index (χ2n) is 5.78. The summed E-state index contributed by atoms with van der Waals surface area (Å²) in [5.41, 5.74) is 0.422. The molecule has 1 aliphatic rings. The van der Waals surface area contributed by atoms with E-state index in [-0.39, 0.29) is 18.1 Å². The van der Waals surface area contributed by atoms with Crippen molar-refractivity contribution in [1.82, 2.24) is 5.32 Å². The molecule has 1 aliphatic heterocycles. The number of morpholine rings is 1. The fourth-order valence-electron chi connectivity index (χ4n) is 2.81. The largest absolute Gasteiger partial charge is 0.364 e. The summed E-state index contributed by atoms with van der Waals surface area (Å²) >= 11 is 24.3. The summed E-state index contributed by atoms with van der Waals surface area (Å²) in [5, 5.41) is 3.30. The van der Waals surface area contributed by atoms with Crippen molar-refractivity contribution < 1.29 is 14.4 Å². The monoisotopic (exact) mass is 399 g/mol. The van der Waals surface area contributed by atoms with Crippen molar-refractivity contribution in [2.45, 2.75) is 36.0 Å². The summed E-state index contributed by atoms with van der Waals surface area (Å²) in [5.74, 6) is -0.330. The summed E-state index contributed by atoms with van der Waals surface area (Å²) in [6.07, 6.45) is -0.647. The zero-order valence-corrected chi connectivity index (χ0v) is 15.8. The third-order valence-corrected chi connectivity index (χ3v) is 4.55. The van der Waals surface area contributed by atoms with Crippen LogP contribution in [-0.2, 0) is 4.74 Å². The maximum absolute atomic E-state index is 12.5. The number of hydrogen-bond acceptors (Lipinski definition) is 2. The zero-order valence-electron chi connectivity index (χ0n) is 12.8. The van der Waals surface area contributed by atoms with Crippen LogP contribution in [0, 0.1) is 0 Å². The van der Waals surface area contributed by atoms with Crippen molar-refractivity contribution in [3.05, 3.63) is 34.9 Å². The molecule has 23 heavy (non-hydrogen) atoms. The number of quaternary nitrogens is 1. The number of benzene rings is 1. The highest BCUT2D eigenvalue weighted by Gasteiger charge is 2.45. The molecule has 0 spiro atoms. The molecule has 8 heteroatoms. The summed E-state index contributed by atoms with van der Waals surface area (Å²) in [6, 6.07) is 6.64. The number of alkyl halides is 3. The molecule has 0 aliphatic carbocycles. The topological polar surface area (TPSA) is 42.8 Å². The number of amides is 1. The van der Waals surface area contributed by atoms with Gasteiger partial charge in [-0.05, 0) is 32.0 Å². The van der Waals surface area contributed by atoms with E-state index >= 15 is 0 Å². The molecule has 1 fully saturated rings. The first-order valence-corrected chi connectivity index (χ1v) is 8.81. The maximum Gasteiger partial charge on any atom is 0.262 e. The van der Waals surface area contributed by atoms with Gasteiger partial charge in [-0.25, -0.2) is 0 Å². The van der Waals surface area contributed by atoms with Gasteiger partial charge < -0.3 is 9.64 Å². The molecule has 1 aromatic rings. The van der Waals surface area contributed by atoms with Crippen LogP contribution in [0.5, 0.6) is 0 Å². The van der Waals surface area contributed by atoms with Crippen molar-refractivity contribution >= 4 is 52.3 Å². The van der Waals surface area contributed by atoms with Gasteiger partial charge in [0.25, 0.3) is 9.70 Å². The Morgan fingerprint density at radius 2 is 1.91 bits per heavy atom. The molecule has 2 rings (SSSR count). The van der Waals surface area contributed by atoms with E-state index in [2.05, 4.69) is 5.32 Å². The summed E-state index contributed by atoms with van der Waals surface area (Å²) in [4.78, 5) is 13.4. The Morgan fingerprint density at radius 1 is 1.30 bits per heavy atom. The molecule has 1 aromatic carbocycles. The maximum atomic E-state index is 12.5. The molecular weight excluding hydrogens is 382 g/mol. The SMILES string of the molecule is C[C@@H]1C[NH+]([C@H](NC(=O)c2cccc(Cl)c2)C(Cl)(Cl)Cl)C[C@H](C)O1. The van der Waals surface area contributed by atoms with E-state index in [1.54, 1.807) is 24.3 Å². The molecule has 0 aromatic heterocycles. The molecule has 1 saturated heterocycles. The normalized spacial score (nSPS) is 26.6. The first-order chi connectivity index (χ1) is 10.7. The van der Waals surface area contributed by atoms with E-state index in [9.17, 15) is 4.79 Å². The van der Waals surface area contributed by atoms with Gasteiger partial charge in [-0.1, -0.05) is 52.5 Å². The second-order valence-corrected chi connectivity index (χ2v) is 8.59. The lowest BCUT2D eigenvalue weighted by molar-refractivity contribution is -0.941. The van der Waals surface area contributed by atoms with E-state index in [1.165, 1.54) is 0 Å². The smallest absolute Gasteiger partial charge is 0.262 e. The Hall–Kier alpha value is -0.230. The predicted octanol–water partition coefficient (Wildman–Crippen LogP) is 2.46. The van der Waals surface area contributed by atoms with Crippen LogP contribution in [-0.4, -0.2) is 41.2 Å². The fourth-order valence-corrected chi connectivity index (χ4v) is 3.63. The van der Waals surface area contributed by atoms with Crippen molar-refractivity contribution in [2.24, 2.45) is 0 Å². The number of carbonyl (C=O) groups excluding carboxylic acids is 1. The summed E-state index contributed by atoms with van der Waals surface area (Å²) in [7, 11) is 0. The van der Waals surface area contributed by atoms with Gasteiger partial charge in [-0.15, -0.1) is 0 Å². The van der Waals surface area contributed by atoms with Gasteiger partial charge in [0.1, 0.15) is 25.3 Å². The Kier molecular flexibility index (Phi) is 6.45. The molecule has 4 atom stereocenters. The number of halogens is 4. The molecular formula is C15H19Cl4N2O2+. The van der Waals surface area contributed by atoms with Crippen LogP contribution in [0.1, 0.15) is 24.2 Å². The molecule has 128 valence electrons. The zero-order chi connectivity index (χ0) is 17.2. The van der Waals surface area contributed by atoms with E-state index < -0.39 is 9.96 Å². The molecule has 0 bridgehead atoms. The lowest BCUT2D eigenvalue weighted by Gasteiger charge is -2.39. The molecule has 1 amide bonds. The number of carbonyl (C=O) groups is 1. The van der Waals surface area contributed by atoms with Gasteiger partial charge in [0, 0.05) is 10.6 Å². The number of ether oxygens (including phenoxy) is 1. The van der Waals surface area contributed by atoms with Gasteiger partial charge in [-0.3, -0.25) is 10.1 Å². The number of hydrogen-bond donors (Lipinski definition) is 2. The van der Waals surface area contributed by atoms with E-state index in [1.807, 2.05) is 13.8 Å². The van der Waals surface area contributed by atoms with Gasteiger partial charge in [-0.2, -0.15) is 0 Å². The Bertz CT molecular complexity index is 555. The first kappa shape index (κ1) is 19.1. The highest BCUT2D eigenvalue weighted by molar-refractivity contribution is 6.68. The molecule has 4 nitrogen and oxygen atoms in total. The highest BCUT2D eigenvalue weighted by atomic mass is 35.6. The minimum Gasteiger partial charge on any atom is -0.364 e.